The number of rotatable bonds is 7. The quantitative estimate of drug-likeness (QED) is 0.142. The number of nitrogens with zero attached hydrogens (tertiary/aromatic N) is 10. The van der Waals surface area contributed by atoms with Gasteiger partial charge in [0, 0.05) is 131 Å². The highest BCUT2D eigenvalue weighted by Crippen LogP contribution is 2.43. The molecule has 0 atom stereocenters. The molecule has 10 heteroatoms. The van der Waals surface area contributed by atoms with E-state index in [1.165, 1.54) is 183 Å². The van der Waals surface area contributed by atoms with Crippen LogP contribution >= 0.6 is 0 Å². The van der Waals surface area contributed by atoms with E-state index in [-0.39, 0.29) is 0 Å². The van der Waals surface area contributed by atoms with Crippen molar-refractivity contribution in [3.05, 3.63) is 447 Å². The molecule has 21 aromatic carbocycles. The maximum Gasteiger partial charge on any atom is 0.128 e. The summed E-state index contributed by atoms with van der Waals surface area (Å²) in [4.78, 5) is 46.8. The Morgan fingerprint density at radius 2 is 0.307 bits per heavy atom. The topological polar surface area (TPSA) is 129 Å². The summed E-state index contributed by atoms with van der Waals surface area (Å²) < 4.78 is 0. The smallest absolute Gasteiger partial charge is 0.128 e. The molecule has 28 rings (SSSR count). The molecule has 0 bridgehead atoms. The first-order valence-electron chi connectivity index (χ1n) is 49.1. The third-order valence-corrected chi connectivity index (χ3v) is 27.6. The van der Waals surface area contributed by atoms with Gasteiger partial charge in [0.05, 0.1) is 38.8 Å². The first-order valence-corrected chi connectivity index (χ1v) is 49.1. The number of benzene rings is 21. The van der Waals surface area contributed by atoms with Gasteiger partial charge in [-0.25, -0.2) is 24.9 Å². The van der Waals surface area contributed by atoms with Crippen LogP contribution in [0.25, 0.3) is 227 Å². The molecule has 140 heavy (non-hydrogen) atoms. The average molecular weight is 1800 g/mol. The minimum Gasteiger partial charge on any atom is -0.261 e. The van der Waals surface area contributed by atoms with Crippen LogP contribution in [0.4, 0.5) is 0 Å². The average Bonchev–Trinajstić information content (AvgIpc) is 0.779. The Morgan fingerprint density at radius 3 is 0.557 bits per heavy atom. The Morgan fingerprint density at radius 1 is 0.121 bits per heavy atom. The van der Waals surface area contributed by atoms with E-state index >= 15 is 0 Å². The van der Waals surface area contributed by atoms with E-state index in [0.717, 1.165) is 129 Å². The van der Waals surface area contributed by atoms with Crippen molar-refractivity contribution in [1.82, 2.24) is 49.8 Å². The van der Waals surface area contributed by atoms with E-state index in [1.54, 1.807) is 0 Å². The zero-order chi connectivity index (χ0) is 94.7. The normalized spacial score (nSPS) is 11.4. The highest BCUT2D eigenvalue weighted by atomic mass is 14.9. The minimum absolute atomic E-state index is 0.858. The summed E-state index contributed by atoms with van der Waals surface area (Å²) in [6.45, 7) is 14.9. The molecule has 672 valence electrons. The Balaban J connectivity index is 0.0000000939. The predicted molar refractivity (Wildman–Crippen MR) is 596 cm³/mol. The van der Waals surface area contributed by atoms with Gasteiger partial charge in [0.25, 0.3) is 0 Å². The first-order chi connectivity index (χ1) is 69.2. The van der Waals surface area contributed by atoms with Gasteiger partial charge in [0.1, 0.15) is 11.6 Å². The van der Waals surface area contributed by atoms with Crippen LogP contribution < -0.4 is 0 Å². The van der Waals surface area contributed by atoms with Gasteiger partial charge in [-0.15, -0.1) is 0 Å². The van der Waals surface area contributed by atoms with Crippen LogP contribution in [0.1, 0.15) is 88.6 Å². The zero-order valence-corrected chi connectivity index (χ0v) is 79.6. The van der Waals surface area contributed by atoms with Gasteiger partial charge in [-0.05, 0) is 186 Å². The summed E-state index contributed by atoms with van der Waals surface area (Å²) in [5.41, 5.74) is 12.0. The third-order valence-electron chi connectivity index (χ3n) is 27.6. The molecule has 0 aliphatic rings. The lowest BCUT2D eigenvalue weighted by Crippen LogP contribution is -1.94. The van der Waals surface area contributed by atoms with Crippen molar-refractivity contribution in [3.8, 4) is 0 Å². The SMILES string of the molecule is CCc1cc2c3ccccc3c3ccccc3c2cn1.CCc1cc2c3ccccc3c3ccccc3c2cn1.CCc1ccc2c3ccccc3c3ccccc3c2n1.CCc1ccc2c3ccccc3c3ccccc3c2n1.CCc1cnc2c3ccccc3c3ccccc3c2n1.CCc1ncc2c3ccccc3c3ccccc3c2n1.CCc1ncc2c3ccccc3c3ccccc3c2n1. The third kappa shape index (κ3) is 16.4. The van der Waals surface area contributed by atoms with Crippen LogP contribution in [0.5, 0.6) is 0 Å². The van der Waals surface area contributed by atoms with Gasteiger partial charge >= 0.3 is 0 Å². The maximum absolute atomic E-state index is 4.87. The molecular formula is C130H102N10. The predicted octanol–water partition coefficient (Wildman–Crippen LogP) is 33.9. The van der Waals surface area contributed by atoms with E-state index in [0.29, 0.717) is 0 Å². The van der Waals surface area contributed by atoms with Gasteiger partial charge in [0.2, 0.25) is 0 Å². The lowest BCUT2D eigenvalue weighted by Gasteiger charge is -2.10. The summed E-state index contributed by atoms with van der Waals surface area (Å²) in [5, 5.41) is 45.4. The minimum atomic E-state index is 0.858. The number of pyridine rings is 4. The second-order valence-electron chi connectivity index (χ2n) is 35.6. The highest BCUT2D eigenvalue weighted by Gasteiger charge is 2.19. The molecule has 0 N–H and O–H groups in total. The van der Waals surface area contributed by atoms with E-state index < -0.39 is 0 Å². The van der Waals surface area contributed by atoms with Crippen LogP contribution in [0.15, 0.2) is 407 Å². The van der Waals surface area contributed by atoms with E-state index in [4.69, 9.17) is 24.9 Å². The molecule has 7 heterocycles. The van der Waals surface area contributed by atoms with Crippen molar-refractivity contribution >= 4 is 227 Å². The van der Waals surface area contributed by atoms with Crippen LogP contribution in [0.2, 0.25) is 0 Å². The summed E-state index contributed by atoms with van der Waals surface area (Å²) in [6, 6.07) is 133. The molecular weight excluding hydrogens is 1700 g/mol. The van der Waals surface area contributed by atoms with Crippen LogP contribution in [0, 0.1) is 0 Å². The van der Waals surface area contributed by atoms with Crippen LogP contribution in [0.3, 0.4) is 0 Å². The molecule has 0 spiro atoms. The number of hydrogen-bond donors (Lipinski definition) is 0. The summed E-state index contributed by atoms with van der Waals surface area (Å²) in [5.74, 6) is 1.80. The molecule has 0 radical (unpaired) electrons. The van der Waals surface area contributed by atoms with E-state index in [2.05, 4.69) is 450 Å². The van der Waals surface area contributed by atoms with Gasteiger partial charge in [-0.2, -0.15) is 0 Å². The van der Waals surface area contributed by atoms with Gasteiger partial charge in [-0.3, -0.25) is 24.9 Å². The monoisotopic (exact) mass is 1800 g/mol. The molecule has 7 aromatic heterocycles. The zero-order valence-electron chi connectivity index (χ0n) is 79.6. The van der Waals surface area contributed by atoms with Crippen molar-refractivity contribution in [3.63, 3.8) is 0 Å². The van der Waals surface area contributed by atoms with Gasteiger partial charge in [-0.1, -0.05) is 400 Å². The Labute approximate surface area is 811 Å². The molecule has 0 fully saturated rings. The molecule has 0 unspecified atom stereocenters. The van der Waals surface area contributed by atoms with Crippen LogP contribution in [-0.2, 0) is 44.9 Å². The van der Waals surface area contributed by atoms with Crippen molar-refractivity contribution in [2.75, 3.05) is 0 Å². The highest BCUT2D eigenvalue weighted by molar-refractivity contribution is 6.31. The van der Waals surface area contributed by atoms with Crippen molar-refractivity contribution < 1.29 is 0 Å². The lowest BCUT2D eigenvalue weighted by atomic mass is 9.95. The van der Waals surface area contributed by atoms with Crippen molar-refractivity contribution in [2.24, 2.45) is 0 Å². The maximum atomic E-state index is 4.87. The Hall–Kier alpha value is -17.1. The number of aromatic nitrogens is 10. The second kappa shape index (κ2) is 39.0. The van der Waals surface area contributed by atoms with E-state index in [9.17, 15) is 0 Å². The summed E-state index contributed by atoms with van der Waals surface area (Å²) >= 11 is 0. The fraction of sp³-hybridized carbons (Fsp3) is 0.108. The summed E-state index contributed by atoms with van der Waals surface area (Å²) in [6.07, 6.45) is 16.4. The van der Waals surface area contributed by atoms with Gasteiger partial charge in [0.15, 0.2) is 0 Å². The van der Waals surface area contributed by atoms with Crippen LogP contribution in [-0.4, -0.2) is 49.8 Å². The molecule has 0 aliphatic heterocycles. The molecule has 0 aliphatic carbocycles. The fourth-order valence-corrected chi connectivity index (χ4v) is 20.6. The molecule has 0 amide bonds. The Bertz CT molecular complexity index is 7890. The standard InChI is InChI=1S/4C19H15N.3C18H14N2/c2*1-2-13-11-18-16-9-5-3-7-14(16)15-8-4-6-10-17(15)19(18)12-20-13;2*1-2-13-11-12-18-16-9-4-3-7-14(16)15-8-5-6-10-17(15)19(18)20-13;1-2-12-11-19-17-15-9-5-3-7-13(15)14-8-4-6-10-16(14)18(17)20-12;2*1-2-17-19-11-16-14-9-4-3-7-12(14)13-8-5-6-10-15(13)18(16)20-17/h4*3-12H,2H2,1H3;3*3-11H,2H2,1H3. The molecule has 0 saturated heterocycles. The lowest BCUT2D eigenvalue weighted by molar-refractivity contribution is 0.963. The molecule has 28 aromatic rings. The van der Waals surface area contributed by atoms with Gasteiger partial charge < -0.3 is 0 Å². The summed E-state index contributed by atoms with van der Waals surface area (Å²) in [7, 11) is 0. The Kier molecular flexibility index (Phi) is 24.5. The van der Waals surface area contributed by atoms with E-state index in [1.807, 2.05) is 31.0 Å². The number of fused-ring (bicyclic) bond motifs is 42. The van der Waals surface area contributed by atoms with Crippen molar-refractivity contribution in [2.45, 2.75) is 93.4 Å². The fourth-order valence-electron chi connectivity index (χ4n) is 20.6. The molecule has 10 nitrogen and oxygen atoms in total. The number of aryl methyl sites for hydroxylation is 7. The second-order valence-corrected chi connectivity index (χ2v) is 35.6. The van der Waals surface area contributed by atoms with Crippen molar-refractivity contribution in [1.29, 1.82) is 0 Å². The number of hydrogen-bond acceptors (Lipinski definition) is 10. The first kappa shape index (κ1) is 88.2. The molecule has 0 saturated carbocycles. The largest absolute Gasteiger partial charge is 0.261 e.